The van der Waals surface area contributed by atoms with Gasteiger partial charge in [0.1, 0.15) is 5.82 Å². The van der Waals surface area contributed by atoms with E-state index in [1.807, 2.05) is 6.07 Å². The number of pyridine rings is 1. The Labute approximate surface area is 228 Å². The topological polar surface area (TPSA) is 115 Å². The fourth-order valence-corrected chi connectivity index (χ4v) is 4.35. The molecule has 0 unspecified atom stereocenters. The van der Waals surface area contributed by atoms with Crippen LogP contribution in [0.5, 0.6) is 0 Å². The first-order chi connectivity index (χ1) is 19.1. The van der Waals surface area contributed by atoms with Crippen molar-refractivity contribution in [1.82, 2.24) is 14.8 Å². The number of carboxylic acid groups (broad SMARTS) is 1. The Kier molecular flexibility index (Phi) is 7.56. The fourth-order valence-electron chi connectivity index (χ4n) is 4.35. The van der Waals surface area contributed by atoms with Gasteiger partial charge >= 0.3 is 18.3 Å². The highest BCUT2D eigenvalue weighted by molar-refractivity contribution is 6.05. The van der Waals surface area contributed by atoms with Crippen LogP contribution in [-0.2, 0) is 24.1 Å². The molecule has 0 atom stereocenters. The molecule has 5 rings (SSSR count). The monoisotopic (exact) mass is 581 g/mol. The van der Waals surface area contributed by atoms with E-state index in [0.29, 0.717) is 29.9 Å². The predicted molar refractivity (Wildman–Crippen MR) is 134 cm³/mol. The Morgan fingerprint density at radius 3 is 1.73 bits per heavy atom. The minimum Gasteiger partial charge on any atom is -0.475 e. The molecule has 15 heteroatoms. The minimum absolute atomic E-state index is 0.127. The Bertz CT molecular complexity index is 1540. The molecular weight excluding hydrogens is 560 g/mol. The quantitative estimate of drug-likeness (QED) is 0.354. The van der Waals surface area contributed by atoms with Gasteiger partial charge in [-0.1, -0.05) is 24.3 Å². The van der Waals surface area contributed by atoms with Crippen molar-refractivity contribution in [2.45, 2.75) is 25.4 Å². The van der Waals surface area contributed by atoms with Gasteiger partial charge in [0.25, 0.3) is 11.8 Å². The maximum Gasteiger partial charge on any atom is 0.490 e. The molecule has 9 nitrogen and oxygen atoms in total. The van der Waals surface area contributed by atoms with Gasteiger partial charge in [-0.05, 0) is 23.3 Å². The number of carboxylic acids is 1. The van der Waals surface area contributed by atoms with Crippen molar-refractivity contribution in [2.75, 3.05) is 24.7 Å². The summed E-state index contributed by atoms with van der Waals surface area (Å²) in [5.41, 5.74) is 1.90. The molecule has 0 spiro atoms. The Hall–Kier alpha value is -4.82. The van der Waals surface area contributed by atoms with Crippen LogP contribution < -0.4 is 10.6 Å². The molecule has 3 N–H and O–H groups in total. The predicted octanol–water partition coefficient (Wildman–Crippen LogP) is 5.39. The van der Waals surface area contributed by atoms with E-state index in [9.17, 15) is 35.9 Å². The third kappa shape index (κ3) is 6.02. The van der Waals surface area contributed by atoms with Crippen molar-refractivity contribution in [3.05, 3.63) is 76.5 Å². The summed E-state index contributed by atoms with van der Waals surface area (Å²) in [6.07, 6.45) is -9.02. The van der Waals surface area contributed by atoms with Crippen LogP contribution in [0.4, 0.5) is 49.2 Å². The van der Waals surface area contributed by atoms with Gasteiger partial charge in [-0.3, -0.25) is 9.59 Å². The lowest BCUT2D eigenvalue weighted by molar-refractivity contribution is -0.192. The second-order valence-corrected chi connectivity index (χ2v) is 9.17. The number of hydrogen-bond donors (Lipinski definition) is 3. The highest BCUT2D eigenvalue weighted by Crippen LogP contribution is 2.39. The van der Waals surface area contributed by atoms with Crippen LogP contribution in [0.25, 0.3) is 0 Å². The van der Waals surface area contributed by atoms with Gasteiger partial charge in [-0.2, -0.15) is 26.3 Å². The number of carbonyl (C=O) groups is 3. The van der Waals surface area contributed by atoms with Crippen molar-refractivity contribution in [3.63, 3.8) is 0 Å². The zero-order valence-electron chi connectivity index (χ0n) is 21.3. The highest BCUT2D eigenvalue weighted by Gasteiger charge is 2.38. The van der Waals surface area contributed by atoms with Gasteiger partial charge in [0.15, 0.2) is 0 Å². The van der Waals surface area contributed by atoms with Crippen LogP contribution in [0.1, 0.15) is 37.4 Å². The van der Waals surface area contributed by atoms with E-state index in [1.54, 1.807) is 49.3 Å². The van der Waals surface area contributed by atoms with Gasteiger partial charge in [0, 0.05) is 39.4 Å². The molecule has 216 valence electrons. The van der Waals surface area contributed by atoms with Gasteiger partial charge in [0.2, 0.25) is 0 Å². The molecular formula is C26H21F6N5O4. The van der Waals surface area contributed by atoms with Crippen LogP contribution in [0, 0.1) is 0 Å². The molecule has 1 aromatic heterocycles. The van der Waals surface area contributed by atoms with Gasteiger partial charge in [0.05, 0.1) is 33.8 Å². The summed E-state index contributed by atoms with van der Waals surface area (Å²) < 4.78 is 73.0. The first-order valence-electron chi connectivity index (χ1n) is 11.7. The highest BCUT2D eigenvalue weighted by atomic mass is 19.4. The largest absolute Gasteiger partial charge is 0.490 e. The molecule has 0 saturated carbocycles. The Morgan fingerprint density at radius 2 is 1.29 bits per heavy atom. The van der Waals surface area contributed by atoms with Gasteiger partial charge < -0.3 is 25.5 Å². The van der Waals surface area contributed by atoms with E-state index in [4.69, 9.17) is 9.90 Å². The van der Waals surface area contributed by atoms with E-state index >= 15 is 0 Å². The standard InChI is InChI=1S/C24H20F3N5O2.C2HF3O2/c1-31-11-13-5-3-7-16(20(13)22(31)33)29-18-9-19(28-10-15(18)24(25,26)27)30-17-8-4-6-14-12-32(2)23(34)21(14)17;3-2(4,5)1(6)7/h3-10H,11-12H2,1-2H3,(H2,28,29,30);(H,6,7). The van der Waals surface area contributed by atoms with E-state index in [0.717, 1.165) is 17.3 Å². The number of alkyl halides is 6. The van der Waals surface area contributed by atoms with Crippen molar-refractivity contribution < 1.29 is 45.8 Å². The number of fused-ring (bicyclic) bond motifs is 2. The summed E-state index contributed by atoms with van der Waals surface area (Å²) in [6, 6.07) is 11.6. The number of amides is 2. The summed E-state index contributed by atoms with van der Waals surface area (Å²) >= 11 is 0. The molecule has 0 aliphatic carbocycles. The smallest absolute Gasteiger partial charge is 0.475 e. The number of halogens is 6. The Morgan fingerprint density at radius 1 is 0.829 bits per heavy atom. The second kappa shape index (κ2) is 10.6. The molecule has 2 amide bonds. The number of anilines is 4. The van der Waals surface area contributed by atoms with Crippen molar-refractivity contribution in [3.8, 4) is 0 Å². The molecule has 2 aromatic carbocycles. The minimum atomic E-state index is -5.08. The van der Waals surface area contributed by atoms with Crippen molar-refractivity contribution in [2.24, 2.45) is 0 Å². The van der Waals surface area contributed by atoms with E-state index in [2.05, 4.69) is 15.6 Å². The SMILES string of the molecule is CN1Cc2cccc(Nc3cc(Nc4cccc5c4C(=O)N(C)C5)c(C(F)(F)F)cn3)c2C1=O.O=C(O)C(F)(F)F. The lowest BCUT2D eigenvalue weighted by Gasteiger charge is -2.18. The lowest BCUT2D eigenvalue weighted by atomic mass is 10.1. The molecule has 0 radical (unpaired) electrons. The van der Waals surface area contributed by atoms with Crippen LogP contribution in [0.3, 0.4) is 0 Å². The third-order valence-corrected chi connectivity index (χ3v) is 6.22. The van der Waals surface area contributed by atoms with E-state index in [-0.39, 0.29) is 29.0 Å². The number of rotatable bonds is 4. The lowest BCUT2D eigenvalue weighted by Crippen LogP contribution is -2.21. The average Bonchev–Trinajstić information content (AvgIpc) is 3.33. The van der Waals surface area contributed by atoms with E-state index < -0.39 is 23.9 Å². The average molecular weight is 581 g/mol. The second-order valence-electron chi connectivity index (χ2n) is 9.17. The van der Waals surface area contributed by atoms with Crippen molar-refractivity contribution in [1.29, 1.82) is 0 Å². The van der Waals surface area contributed by atoms with Crippen LogP contribution in [-0.4, -0.2) is 57.9 Å². The molecule has 3 heterocycles. The summed E-state index contributed by atoms with van der Waals surface area (Å²) in [5, 5.41) is 12.9. The number of carbonyl (C=O) groups excluding carboxylic acids is 2. The summed E-state index contributed by atoms with van der Waals surface area (Å²) in [7, 11) is 3.32. The molecule has 2 aliphatic heterocycles. The molecule has 41 heavy (non-hydrogen) atoms. The maximum absolute atomic E-state index is 13.8. The van der Waals surface area contributed by atoms with Crippen LogP contribution in [0.15, 0.2) is 48.7 Å². The van der Waals surface area contributed by atoms with Crippen LogP contribution >= 0.6 is 0 Å². The summed E-state index contributed by atoms with van der Waals surface area (Å²) in [5.74, 6) is -3.07. The van der Waals surface area contributed by atoms with E-state index in [1.165, 1.54) is 11.0 Å². The number of nitrogens with zero attached hydrogens (tertiary/aromatic N) is 3. The Balaban J connectivity index is 0.000000493. The molecule has 3 aromatic rings. The number of aliphatic carboxylic acids is 1. The molecule has 0 bridgehead atoms. The normalized spacial score (nSPS) is 14.3. The molecule has 0 fully saturated rings. The maximum atomic E-state index is 13.8. The van der Waals surface area contributed by atoms with Crippen LogP contribution in [0.2, 0.25) is 0 Å². The third-order valence-electron chi connectivity index (χ3n) is 6.22. The summed E-state index contributed by atoms with van der Waals surface area (Å²) in [4.78, 5) is 41.0. The number of benzene rings is 2. The van der Waals surface area contributed by atoms with Crippen molar-refractivity contribution >= 4 is 40.7 Å². The first-order valence-corrected chi connectivity index (χ1v) is 11.7. The first kappa shape index (κ1) is 29.2. The molecule has 2 aliphatic rings. The number of hydrogen-bond acceptors (Lipinski definition) is 6. The zero-order chi connectivity index (χ0) is 30.3. The summed E-state index contributed by atoms with van der Waals surface area (Å²) in [6.45, 7) is 0.846. The van der Waals surface area contributed by atoms with Gasteiger partial charge in [-0.15, -0.1) is 0 Å². The molecule has 0 saturated heterocycles. The zero-order valence-corrected chi connectivity index (χ0v) is 21.3. The number of aromatic nitrogens is 1. The fraction of sp³-hybridized carbons (Fsp3) is 0.231. The number of nitrogens with one attached hydrogen (secondary N) is 2. The van der Waals surface area contributed by atoms with Gasteiger partial charge in [-0.25, -0.2) is 9.78 Å².